The molecule has 2 atom stereocenters. The first-order valence-corrected chi connectivity index (χ1v) is 6.70. The van der Waals surface area contributed by atoms with Gasteiger partial charge in [-0.25, -0.2) is 0 Å². The first-order valence-electron chi connectivity index (χ1n) is 5.75. The summed E-state index contributed by atoms with van der Waals surface area (Å²) in [6.07, 6.45) is 2.84. The van der Waals surface area contributed by atoms with Crippen LogP contribution < -0.4 is 5.32 Å². The Morgan fingerprint density at radius 2 is 2.33 bits per heavy atom. The Morgan fingerprint density at radius 1 is 1.40 bits per heavy atom. The van der Waals surface area contributed by atoms with E-state index in [-0.39, 0.29) is 0 Å². The summed E-state index contributed by atoms with van der Waals surface area (Å²) in [7, 11) is 0. The predicted molar refractivity (Wildman–Crippen MR) is 62.0 cm³/mol. The predicted octanol–water partition coefficient (Wildman–Crippen LogP) is 2.26. The summed E-state index contributed by atoms with van der Waals surface area (Å²) in [5.41, 5.74) is 1.40. The summed E-state index contributed by atoms with van der Waals surface area (Å²) < 4.78 is 5.58. The minimum Gasteiger partial charge on any atom is -0.379 e. The third kappa shape index (κ3) is 2.25. The number of thiophene rings is 1. The van der Waals surface area contributed by atoms with Crippen LogP contribution in [-0.4, -0.2) is 19.3 Å². The molecule has 15 heavy (non-hydrogen) atoms. The van der Waals surface area contributed by atoms with Crippen molar-refractivity contribution in [2.75, 3.05) is 13.2 Å². The molecule has 2 fully saturated rings. The Balaban J connectivity index is 1.53. The fourth-order valence-corrected chi connectivity index (χ4v) is 3.08. The Morgan fingerprint density at radius 3 is 3.07 bits per heavy atom. The lowest BCUT2D eigenvalue weighted by atomic mass is 9.98. The van der Waals surface area contributed by atoms with Gasteiger partial charge in [0, 0.05) is 18.5 Å². The van der Waals surface area contributed by atoms with Crippen molar-refractivity contribution in [1.29, 1.82) is 0 Å². The van der Waals surface area contributed by atoms with E-state index in [1.807, 2.05) is 0 Å². The molecule has 0 bridgehead atoms. The molecule has 2 heterocycles. The van der Waals surface area contributed by atoms with Crippen molar-refractivity contribution >= 4 is 11.3 Å². The van der Waals surface area contributed by atoms with Gasteiger partial charge < -0.3 is 10.1 Å². The molecule has 0 aromatic carbocycles. The molecule has 3 heteroatoms. The molecule has 1 saturated heterocycles. The molecule has 0 spiro atoms. The molecule has 82 valence electrons. The maximum absolute atomic E-state index is 5.58. The lowest BCUT2D eigenvalue weighted by Crippen LogP contribution is -2.35. The third-order valence-corrected chi connectivity index (χ3v) is 4.23. The van der Waals surface area contributed by atoms with E-state index in [1.165, 1.54) is 18.4 Å². The zero-order valence-corrected chi connectivity index (χ0v) is 9.63. The van der Waals surface area contributed by atoms with Gasteiger partial charge in [-0.1, -0.05) is 0 Å². The van der Waals surface area contributed by atoms with Crippen LogP contribution in [-0.2, 0) is 11.3 Å². The quantitative estimate of drug-likeness (QED) is 0.845. The Bertz CT molecular complexity index is 307. The lowest BCUT2D eigenvalue weighted by Gasteiger charge is -2.18. The van der Waals surface area contributed by atoms with Crippen molar-refractivity contribution < 1.29 is 4.74 Å². The van der Waals surface area contributed by atoms with Crippen molar-refractivity contribution in [3.8, 4) is 0 Å². The number of ether oxygens (including phenoxy) is 1. The van der Waals surface area contributed by atoms with Gasteiger partial charge in [0.1, 0.15) is 0 Å². The highest BCUT2D eigenvalue weighted by Crippen LogP contribution is 2.40. The van der Waals surface area contributed by atoms with E-state index in [1.54, 1.807) is 11.3 Å². The van der Waals surface area contributed by atoms with Crippen LogP contribution in [0.25, 0.3) is 0 Å². The van der Waals surface area contributed by atoms with E-state index in [0.717, 1.165) is 31.6 Å². The summed E-state index contributed by atoms with van der Waals surface area (Å²) in [6.45, 7) is 2.89. The highest BCUT2D eigenvalue weighted by molar-refractivity contribution is 7.07. The maximum Gasteiger partial charge on any atom is 0.0623 e. The van der Waals surface area contributed by atoms with Crippen LogP contribution in [0, 0.1) is 11.8 Å². The van der Waals surface area contributed by atoms with Gasteiger partial charge in [-0.15, -0.1) is 0 Å². The van der Waals surface area contributed by atoms with Crippen LogP contribution in [0.15, 0.2) is 16.8 Å². The second-order valence-corrected chi connectivity index (χ2v) is 5.44. The standard InChI is InChI=1S/C12H17NOS/c1-2-10(1)11-6-14-7-12(11)13-5-9-3-4-15-8-9/h3-4,8,10-13H,1-2,5-7H2. The third-order valence-electron chi connectivity index (χ3n) is 3.50. The zero-order valence-electron chi connectivity index (χ0n) is 8.82. The Kier molecular flexibility index (Phi) is 2.77. The molecule has 1 aromatic rings. The van der Waals surface area contributed by atoms with Crippen LogP contribution >= 0.6 is 11.3 Å². The monoisotopic (exact) mass is 223 g/mol. The summed E-state index contributed by atoms with van der Waals surface area (Å²) >= 11 is 1.77. The van der Waals surface area contributed by atoms with Gasteiger partial charge in [-0.05, 0) is 41.1 Å². The van der Waals surface area contributed by atoms with E-state index >= 15 is 0 Å². The minimum atomic E-state index is 0.595. The Labute approximate surface area is 94.6 Å². The maximum atomic E-state index is 5.58. The zero-order chi connectivity index (χ0) is 10.1. The van der Waals surface area contributed by atoms with Crippen LogP contribution in [0.1, 0.15) is 18.4 Å². The molecular formula is C12H17NOS. The molecular weight excluding hydrogens is 206 g/mol. The molecule has 1 aliphatic carbocycles. The average Bonchev–Trinajstić information content (AvgIpc) is 2.81. The van der Waals surface area contributed by atoms with Crippen LogP contribution in [0.5, 0.6) is 0 Å². The van der Waals surface area contributed by atoms with E-state index < -0.39 is 0 Å². The van der Waals surface area contributed by atoms with E-state index in [2.05, 4.69) is 22.1 Å². The van der Waals surface area contributed by atoms with Crippen molar-refractivity contribution in [3.05, 3.63) is 22.4 Å². The topological polar surface area (TPSA) is 21.3 Å². The molecule has 0 radical (unpaired) electrons. The normalized spacial score (nSPS) is 30.9. The molecule has 1 aliphatic heterocycles. The average molecular weight is 223 g/mol. The van der Waals surface area contributed by atoms with Crippen molar-refractivity contribution in [2.45, 2.75) is 25.4 Å². The van der Waals surface area contributed by atoms with Crippen LogP contribution in [0.2, 0.25) is 0 Å². The molecule has 2 unspecified atom stereocenters. The Hall–Kier alpha value is -0.380. The molecule has 2 aliphatic rings. The first-order chi connectivity index (χ1) is 7.43. The summed E-state index contributed by atoms with van der Waals surface area (Å²) in [4.78, 5) is 0. The fourth-order valence-electron chi connectivity index (χ4n) is 2.41. The first kappa shape index (κ1) is 9.82. The summed E-state index contributed by atoms with van der Waals surface area (Å²) in [5.74, 6) is 1.73. The summed E-state index contributed by atoms with van der Waals surface area (Å²) in [5, 5.41) is 7.99. The molecule has 1 aromatic heterocycles. The van der Waals surface area contributed by atoms with Gasteiger partial charge in [0.2, 0.25) is 0 Å². The van der Waals surface area contributed by atoms with Crippen molar-refractivity contribution in [2.24, 2.45) is 11.8 Å². The number of nitrogens with one attached hydrogen (secondary N) is 1. The number of hydrogen-bond acceptors (Lipinski definition) is 3. The molecule has 1 saturated carbocycles. The number of hydrogen-bond donors (Lipinski definition) is 1. The van der Waals surface area contributed by atoms with Gasteiger partial charge in [0.05, 0.1) is 13.2 Å². The van der Waals surface area contributed by atoms with Gasteiger partial charge in [-0.3, -0.25) is 0 Å². The summed E-state index contributed by atoms with van der Waals surface area (Å²) in [6, 6.07) is 2.79. The molecule has 1 N–H and O–H groups in total. The van der Waals surface area contributed by atoms with Crippen LogP contribution in [0.4, 0.5) is 0 Å². The van der Waals surface area contributed by atoms with Gasteiger partial charge in [-0.2, -0.15) is 11.3 Å². The molecule has 2 nitrogen and oxygen atoms in total. The second-order valence-electron chi connectivity index (χ2n) is 4.66. The van der Waals surface area contributed by atoms with Crippen molar-refractivity contribution in [1.82, 2.24) is 5.32 Å². The van der Waals surface area contributed by atoms with Crippen molar-refractivity contribution in [3.63, 3.8) is 0 Å². The molecule has 0 amide bonds. The highest BCUT2D eigenvalue weighted by atomic mass is 32.1. The fraction of sp³-hybridized carbons (Fsp3) is 0.667. The van der Waals surface area contributed by atoms with E-state index in [9.17, 15) is 0 Å². The highest BCUT2D eigenvalue weighted by Gasteiger charge is 2.39. The second kappa shape index (κ2) is 4.24. The molecule has 3 rings (SSSR count). The van der Waals surface area contributed by atoms with E-state index in [0.29, 0.717) is 6.04 Å². The largest absolute Gasteiger partial charge is 0.379 e. The minimum absolute atomic E-state index is 0.595. The van der Waals surface area contributed by atoms with Crippen LogP contribution in [0.3, 0.4) is 0 Å². The van der Waals surface area contributed by atoms with E-state index in [4.69, 9.17) is 4.74 Å². The lowest BCUT2D eigenvalue weighted by molar-refractivity contribution is 0.180. The van der Waals surface area contributed by atoms with Gasteiger partial charge >= 0.3 is 0 Å². The van der Waals surface area contributed by atoms with Gasteiger partial charge in [0.15, 0.2) is 0 Å². The number of rotatable bonds is 4. The SMILES string of the molecule is c1cc(CNC2COCC2C2CC2)cs1. The smallest absolute Gasteiger partial charge is 0.0623 e. The van der Waals surface area contributed by atoms with Gasteiger partial charge in [0.25, 0.3) is 0 Å².